The SMILES string of the molecule is OC(c1ccc(C(F)(F)F)cc1)(c1ccc(C(F)(F)F)cc1)C1CCN(Cc2ccc(-c3ccccn3)cc2)CC1. The average Bonchev–Trinajstić information content (AvgIpc) is 2.97. The van der Waals surface area contributed by atoms with Crippen LogP contribution in [0.4, 0.5) is 26.3 Å². The van der Waals surface area contributed by atoms with Gasteiger partial charge in [-0.2, -0.15) is 26.3 Å². The van der Waals surface area contributed by atoms with Crippen molar-refractivity contribution in [3.63, 3.8) is 0 Å². The summed E-state index contributed by atoms with van der Waals surface area (Å²) in [5, 5.41) is 12.1. The Morgan fingerprint density at radius 1 is 0.659 bits per heavy atom. The molecule has 0 bridgehead atoms. The summed E-state index contributed by atoms with van der Waals surface area (Å²) in [7, 11) is 0. The van der Waals surface area contributed by atoms with Crippen LogP contribution in [-0.2, 0) is 24.5 Å². The van der Waals surface area contributed by atoms with Crippen LogP contribution in [0.15, 0.2) is 97.2 Å². The van der Waals surface area contributed by atoms with E-state index in [-0.39, 0.29) is 11.1 Å². The zero-order valence-electron chi connectivity index (χ0n) is 22.0. The van der Waals surface area contributed by atoms with Crippen LogP contribution in [0.25, 0.3) is 11.3 Å². The van der Waals surface area contributed by atoms with Crippen LogP contribution in [-0.4, -0.2) is 28.1 Å². The molecule has 0 amide bonds. The smallest absolute Gasteiger partial charge is 0.380 e. The first-order chi connectivity index (χ1) is 19.4. The molecule has 0 unspecified atom stereocenters. The molecule has 0 atom stereocenters. The van der Waals surface area contributed by atoms with Crippen LogP contribution in [0, 0.1) is 5.92 Å². The fourth-order valence-electron chi connectivity index (χ4n) is 5.55. The number of likely N-dealkylation sites (tertiary alicyclic amines) is 1. The molecule has 41 heavy (non-hydrogen) atoms. The summed E-state index contributed by atoms with van der Waals surface area (Å²) in [4.78, 5) is 6.59. The van der Waals surface area contributed by atoms with Gasteiger partial charge in [0.25, 0.3) is 0 Å². The standard InChI is InChI=1S/C32H28F6N2O/c33-31(34,35)27-12-8-24(9-13-27)30(41,25-10-14-28(15-11-25)32(36,37)38)26-16-19-40(20-17-26)21-22-4-6-23(7-5-22)29-3-1-2-18-39-29/h1-15,18,26,41H,16-17,19-21H2. The summed E-state index contributed by atoms with van der Waals surface area (Å²) in [6.07, 6.45) is -6.35. The molecule has 2 heterocycles. The third kappa shape index (κ3) is 6.31. The number of nitrogens with zero attached hydrogens (tertiary/aromatic N) is 2. The monoisotopic (exact) mass is 570 g/mol. The first-order valence-corrected chi connectivity index (χ1v) is 13.2. The molecule has 1 aliphatic rings. The normalized spacial score (nSPS) is 15.7. The second kappa shape index (κ2) is 11.3. The van der Waals surface area contributed by atoms with Crippen molar-refractivity contribution < 1.29 is 31.4 Å². The molecule has 9 heteroatoms. The number of benzene rings is 3. The second-order valence-corrected chi connectivity index (χ2v) is 10.4. The maximum Gasteiger partial charge on any atom is 0.416 e. The van der Waals surface area contributed by atoms with Gasteiger partial charge in [0, 0.05) is 18.3 Å². The Morgan fingerprint density at radius 2 is 1.15 bits per heavy atom. The molecule has 1 aliphatic heterocycles. The van der Waals surface area contributed by atoms with Crippen LogP contribution >= 0.6 is 0 Å². The molecular weight excluding hydrogens is 542 g/mol. The van der Waals surface area contributed by atoms with E-state index in [4.69, 9.17) is 0 Å². The lowest BCUT2D eigenvalue weighted by Gasteiger charge is -2.42. The summed E-state index contributed by atoms with van der Waals surface area (Å²) >= 11 is 0. The number of hydrogen-bond acceptors (Lipinski definition) is 3. The number of aromatic nitrogens is 1. The first kappa shape index (κ1) is 28.8. The lowest BCUT2D eigenvalue weighted by Crippen LogP contribution is -2.44. The molecule has 4 aromatic rings. The second-order valence-electron chi connectivity index (χ2n) is 10.4. The molecule has 0 spiro atoms. The third-order valence-electron chi connectivity index (χ3n) is 7.80. The fraction of sp³-hybridized carbons (Fsp3) is 0.281. The van der Waals surface area contributed by atoms with E-state index >= 15 is 0 Å². The van der Waals surface area contributed by atoms with Crippen molar-refractivity contribution in [2.45, 2.75) is 37.3 Å². The van der Waals surface area contributed by atoms with E-state index < -0.39 is 35.0 Å². The van der Waals surface area contributed by atoms with Crippen molar-refractivity contribution in [3.05, 3.63) is 125 Å². The van der Waals surface area contributed by atoms with Gasteiger partial charge in [-0.1, -0.05) is 54.6 Å². The predicted molar refractivity (Wildman–Crippen MR) is 144 cm³/mol. The third-order valence-corrected chi connectivity index (χ3v) is 7.80. The van der Waals surface area contributed by atoms with Gasteiger partial charge >= 0.3 is 12.4 Å². The van der Waals surface area contributed by atoms with Gasteiger partial charge in [-0.15, -0.1) is 0 Å². The maximum atomic E-state index is 13.2. The van der Waals surface area contributed by atoms with E-state index in [9.17, 15) is 31.4 Å². The molecule has 1 fully saturated rings. The van der Waals surface area contributed by atoms with Crippen molar-refractivity contribution in [2.75, 3.05) is 13.1 Å². The van der Waals surface area contributed by atoms with Gasteiger partial charge in [-0.25, -0.2) is 0 Å². The van der Waals surface area contributed by atoms with Crippen molar-refractivity contribution in [1.82, 2.24) is 9.88 Å². The number of aliphatic hydroxyl groups is 1. The highest BCUT2D eigenvalue weighted by Crippen LogP contribution is 2.44. The lowest BCUT2D eigenvalue weighted by molar-refractivity contribution is -0.138. The van der Waals surface area contributed by atoms with Crippen molar-refractivity contribution in [2.24, 2.45) is 5.92 Å². The molecule has 5 rings (SSSR count). The van der Waals surface area contributed by atoms with E-state index in [0.29, 0.717) is 32.5 Å². The predicted octanol–water partition coefficient (Wildman–Crippen LogP) is 7.93. The van der Waals surface area contributed by atoms with Gasteiger partial charge in [0.2, 0.25) is 0 Å². The zero-order chi connectivity index (χ0) is 29.3. The van der Waals surface area contributed by atoms with E-state index in [0.717, 1.165) is 41.1 Å². The van der Waals surface area contributed by atoms with Crippen LogP contribution in [0.2, 0.25) is 0 Å². The molecule has 1 saturated heterocycles. The molecule has 0 radical (unpaired) electrons. The van der Waals surface area contributed by atoms with Crippen LogP contribution in [0.1, 0.15) is 40.7 Å². The Labute approximate surface area is 234 Å². The lowest BCUT2D eigenvalue weighted by atomic mass is 9.71. The highest BCUT2D eigenvalue weighted by atomic mass is 19.4. The van der Waals surface area contributed by atoms with Crippen LogP contribution in [0.5, 0.6) is 0 Å². The average molecular weight is 571 g/mol. The van der Waals surface area contributed by atoms with E-state index in [2.05, 4.69) is 9.88 Å². The number of pyridine rings is 1. The fourth-order valence-corrected chi connectivity index (χ4v) is 5.55. The number of hydrogen-bond donors (Lipinski definition) is 1. The summed E-state index contributed by atoms with van der Waals surface area (Å²) < 4.78 is 79.2. The van der Waals surface area contributed by atoms with Crippen molar-refractivity contribution >= 4 is 0 Å². The largest absolute Gasteiger partial charge is 0.416 e. The molecule has 1 aromatic heterocycles. The number of rotatable bonds is 6. The minimum Gasteiger partial charge on any atom is -0.380 e. The van der Waals surface area contributed by atoms with Crippen molar-refractivity contribution in [3.8, 4) is 11.3 Å². The highest BCUT2D eigenvalue weighted by Gasteiger charge is 2.43. The molecule has 0 saturated carbocycles. The van der Waals surface area contributed by atoms with Crippen LogP contribution in [0.3, 0.4) is 0 Å². The Morgan fingerprint density at radius 3 is 1.59 bits per heavy atom. The Kier molecular flexibility index (Phi) is 7.94. The number of piperidine rings is 1. The molecule has 3 aromatic carbocycles. The summed E-state index contributed by atoms with van der Waals surface area (Å²) in [5.74, 6) is -0.418. The Hall–Kier alpha value is -3.69. The van der Waals surface area contributed by atoms with Gasteiger partial charge in [0.1, 0.15) is 5.60 Å². The highest BCUT2D eigenvalue weighted by molar-refractivity contribution is 5.59. The number of halogens is 6. The zero-order valence-corrected chi connectivity index (χ0v) is 22.0. The molecular formula is C32H28F6N2O. The van der Waals surface area contributed by atoms with Gasteiger partial charge in [-0.3, -0.25) is 9.88 Å². The molecule has 214 valence electrons. The van der Waals surface area contributed by atoms with Crippen LogP contribution < -0.4 is 0 Å². The summed E-state index contributed by atoms with van der Waals surface area (Å²) in [5.41, 5.74) is -0.0618. The number of alkyl halides is 6. The van der Waals surface area contributed by atoms with Crippen molar-refractivity contribution in [1.29, 1.82) is 0 Å². The van der Waals surface area contributed by atoms with E-state index in [1.54, 1.807) is 6.20 Å². The van der Waals surface area contributed by atoms with E-state index in [1.807, 2.05) is 42.5 Å². The molecule has 3 nitrogen and oxygen atoms in total. The molecule has 0 aliphatic carbocycles. The maximum absolute atomic E-state index is 13.2. The Balaban J connectivity index is 1.35. The first-order valence-electron chi connectivity index (χ1n) is 13.2. The van der Waals surface area contributed by atoms with Gasteiger partial charge in [0.15, 0.2) is 0 Å². The Bertz CT molecular complexity index is 1370. The molecule has 1 N–H and O–H groups in total. The van der Waals surface area contributed by atoms with Gasteiger partial charge < -0.3 is 5.11 Å². The van der Waals surface area contributed by atoms with Gasteiger partial charge in [-0.05, 0) is 84.9 Å². The minimum absolute atomic E-state index is 0.216. The quantitative estimate of drug-likeness (QED) is 0.239. The summed E-state index contributed by atoms with van der Waals surface area (Å²) in [6.45, 7) is 1.89. The minimum atomic E-state index is -4.55. The van der Waals surface area contributed by atoms with Gasteiger partial charge in [0.05, 0.1) is 16.8 Å². The summed E-state index contributed by atoms with van der Waals surface area (Å²) in [6, 6.07) is 22.3. The van der Waals surface area contributed by atoms with E-state index in [1.165, 1.54) is 24.3 Å². The topological polar surface area (TPSA) is 36.4 Å².